The lowest BCUT2D eigenvalue weighted by atomic mass is 10.1. The van der Waals surface area contributed by atoms with Crippen molar-refractivity contribution in [2.75, 3.05) is 31.5 Å². The normalized spacial score (nSPS) is 19.6. The first-order valence-corrected chi connectivity index (χ1v) is 9.42. The highest BCUT2D eigenvalue weighted by molar-refractivity contribution is 6.20. The third kappa shape index (κ3) is 3.93. The van der Waals surface area contributed by atoms with Crippen molar-refractivity contribution >= 4 is 28.5 Å². The van der Waals surface area contributed by atoms with Crippen LogP contribution >= 0.6 is 0 Å². The molecule has 0 aromatic carbocycles. The molecule has 27 heavy (non-hydrogen) atoms. The number of nitrogens with zero attached hydrogens (tertiary/aromatic N) is 4. The number of likely N-dealkylation sites (tertiary alicyclic amines) is 1. The fourth-order valence-corrected chi connectivity index (χ4v) is 3.49. The maximum absolute atomic E-state index is 11.5. The zero-order valence-electron chi connectivity index (χ0n) is 15.3. The van der Waals surface area contributed by atoms with Crippen molar-refractivity contribution in [3.8, 4) is 0 Å². The summed E-state index contributed by atoms with van der Waals surface area (Å²) in [4.78, 5) is 18.7. The van der Waals surface area contributed by atoms with E-state index in [0.29, 0.717) is 11.4 Å². The number of aromatic nitrogens is 2. The quantitative estimate of drug-likeness (QED) is 0.795. The number of hydrogen-bond acceptors (Lipinski definition) is 6. The molecule has 4 rings (SSSR count). The molecular formula is C20H24N6O. The Balaban J connectivity index is 1.59. The molecule has 0 amide bonds. The summed E-state index contributed by atoms with van der Waals surface area (Å²) in [6.07, 6.45) is 10.3. The molecule has 0 bridgehead atoms. The molecule has 2 aromatic heterocycles. The molecule has 0 atom stereocenters. The van der Waals surface area contributed by atoms with Crippen molar-refractivity contribution < 1.29 is 4.79 Å². The van der Waals surface area contributed by atoms with E-state index >= 15 is 0 Å². The summed E-state index contributed by atoms with van der Waals surface area (Å²) in [7, 11) is 0. The maximum atomic E-state index is 11.5. The maximum Gasteiger partial charge on any atom is 0.180 e. The molecule has 2 aromatic rings. The number of carbonyl (C=O) groups excluding carboxylic acids is 1. The van der Waals surface area contributed by atoms with E-state index in [0.717, 1.165) is 30.1 Å². The fraction of sp³-hybridized carbons (Fsp3) is 0.350. The number of nitrogens with two attached hydrogens (primary N) is 1. The summed E-state index contributed by atoms with van der Waals surface area (Å²) in [5.41, 5.74) is 8.56. The number of ketones is 1. The van der Waals surface area contributed by atoms with Gasteiger partial charge in [-0.25, -0.2) is 9.51 Å². The Labute approximate surface area is 158 Å². The summed E-state index contributed by atoms with van der Waals surface area (Å²) in [5.74, 6) is 0.606. The number of nitrogens with one attached hydrogen (secondary N) is 1. The van der Waals surface area contributed by atoms with Crippen LogP contribution in [0.25, 0.3) is 5.52 Å². The third-order valence-electron chi connectivity index (χ3n) is 4.91. The molecule has 1 saturated heterocycles. The minimum atomic E-state index is -0.119. The first kappa shape index (κ1) is 17.5. The van der Waals surface area contributed by atoms with Gasteiger partial charge < -0.3 is 16.0 Å². The fourth-order valence-electron chi connectivity index (χ4n) is 3.49. The predicted octanol–water partition coefficient (Wildman–Crippen LogP) is 2.29. The second-order valence-corrected chi connectivity index (χ2v) is 6.89. The van der Waals surface area contributed by atoms with Crippen LogP contribution in [0.5, 0.6) is 0 Å². The van der Waals surface area contributed by atoms with Crippen molar-refractivity contribution in [2.45, 2.75) is 19.3 Å². The number of fused-ring (bicyclic) bond motifs is 1. The van der Waals surface area contributed by atoms with Gasteiger partial charge in [-0.05, 0) is 50.2 Å². The van der Waals surface area contributed by atoms with Crippen LogP contribution in [-0.2, 0) is 4.79 Å². The number of rotatable bonds is 5. The third-order valence-corrected chi connectivity index (χ3v) is 4.91. The predicted molar refractivity (Wildman–Crippen MR) is 107 cm³/mol. The minimum absolute atomic E-state index is 0.119. The molecule has 1 aliphatic carbocycles. The van der Waals surface area contributed by atoms with Gasteiger partial charge in [-0.3, -0.25) is 4.79 Å². The SMILES string of the molecule is NC1=CC(=O)C=C/C1=N\c1c(NCCN2CCCCC2)nn2ccccc12. The van der Waals surface area contributed by atoms with Crippen LogP contribution in [0.4, 0.5) is 11.5 Å². The van der Waals surface area contributed by atoms with Crippen molar-refractivity contribution in [3.63, 3.8) is 0 Å². The van der Waals surface area contributed by atoms with Gasteiger partial charge in [-0.2, -0.15) is 0 Å². The molecule has 1 fully saturated rings. The van der Waals surface area contributed by atoms with E-state index in [9.17, 15) is 4.79 Å². The number of allylic oxidation sites excluding steroid dienone is 3. The van der Waals surface area contributed by atoms with Crippen LogP contribution in [0.15, 0.2) is 53.3 Å². The Kier molecular flexibility index (Phi) is 5.02. The van der Waals surface area contributed by atoms with Gasteiger partial charge in [0.05, 0.1) is 16.9 Å². The summed E-state index contributed by atoms with van der Waals surface area (Å²) in [6.45, 7) is 4.13. The Morgan fingerprint density at radius 2 is 2.04 bits per heavy atom. The number of carbonyl (C=O) groups is 1. The topological polar surface area (TPSA) is 88.0 Å². The number of anilines is 1. The standard InChI is InChI=1S/C20H24N6O/c21-16-14-15(27)7-8-17(16)23-19-18-6-2-5-12-26(18)24-20(19)22-9-13-25-10-3-1-4-11-25/h2,5-8,12,14H,1,3-4,9-11,13,21H2,(H,22,24)/b23-17+. The van der Waals surface area contributed by atoms with Crippen molar-refractivity contribution in [3.05, 3.63) is 48.3 Å². The zero-order chi connectivity index (χ0) is 18.6. The Bertz CT molecular complexity index is 933. The molecule has 3 N–H and O–H groups in total. The van der Waals surface area contributed by atoms with Gasteiger partial charge in [-0.15, -0.1) is 5.10 Å². The molecule has 7 heteroatoms. The molecular weight excluding hydrogens is 340 g/mol. The number of piperidine rings is 1. The Morgan fingerprint density at radius 3 is 2.85 bits per heavy atom. The van der Waals surface area contributed by atoms with E-state index in [2.05, 4.69) is 15.3 Å². The van der Waals surface area contributed by atoms with Crippen LogP contribution in [0, 0.1) is 0 Å². The van der Waals surface area contributed by atoms with E-state index in [4.69, 9.17) is 10.7 Å². The monoisotopic (exact) mass is 364 g/mol. The van der Waals surface area contributed by atoms with Gasteiger partial charge in [0, 0.05) is 25.4 Å². The smallest absolute Gasteiger partial charge is 0.180 e. The minimum Gasteiger partial charge on any atom is -0.397 e. The number of aliphatic imine (C=N–C) groups is 1. The lowest BCUT2D eigenvalue weighted by Gasteiger charge is -2.26. The average Bonchev–Trinajstić information content (AvgIpc) is 3.02. The van der Waals surface area contributed by atoms with Crippen LogP contribution in [0.1, 0.15) is 19.3 Å². The lowest BCUT2D eigenvalue weighted by Crippen LogP contribution is -2.33. The summed E-state index contributed by atoms with van der Waals surface area (Å²) < 4.78 is 1.81. The second-order valence-electron chi connectivity index (χ2n) is 6.89. The van der Waals surface area contributed by atoms with Crippen molar-refractivity contribution in [1.82, 2.24) is 14.5 Å². The molecule has 0 spiro atoms. The van der Waals surface area contributed by atoms with Crippen LogP contribution in [-0.4, -0.2) is 52.2 Å². The Hall–Kier alpha value is -2.93. The first-order chi connectivity index (χ1) is 13.2. The van der Waals surface area contributed by atoms with E-state index < -0.39 is 0 Å². The average molecular weight is 364 g/mol. The van der Waals surface area contributed by atoms with Gasteiger partial charge in [0.2, 0.25) is 0 Å². The van der Waals surface area contributed by atoms with Gasteiger partial charge in [0.1, 0.15) is 5.69 Å². The molecule has 1 aliphatic heterocycles. The lowest BCUT2D eigenvalue weighted by molar-refractivity contribution is -0.110. The summed E-state index contributed by atoms with van der Waals surface area (Å²) in [6, 6.07) is 5.86. The molecule has 2 aliphatic rings. The van der Waals surface area contributed by atoms with Gasteiger partial charge >= 0.3 is 0 Å². The highest BCUT2D eigenvalue weighted by atomic mass is 16.1. The highest BCUT2D eigenvalue weighted by Crippen LogP contribution is 2.30. The van der Waals surface area contributed by atoms with Gasteiger partial charge in [0.25, 0.3) is 0 Å². The first-order valence-electron chi connectivity index (χ1n) is 9.42. The van der Waals surface area contributed by atoms with Crippen LogP contribution in [0.2, 0.25) is 0 Å². The van der Waals surface area contributed by atoms with Crippen LogP contribution in [0.3, 0.4) is 0 Å². The molecule has 7 nitrogen and oxygen atoms in total. The van der Waals surface area contributed by atoms with E-state index in [1.807, 2.05) is 24.4 Å². The molecule has 0 radical (unpaired) electrons. The van der Waals surface area contributed by atoms with E-state index in [1.54, 1.807) is 10.6 Å². The molecule has 3 heterocycles. The number of hydrogen-bond donors (Lipinski definition) is 2. The zero-order valence-corrected chi connectivity index (χ0v) is 15.3. The van der Waals surface area contributed by atoms with E-state index in [1.165, 1.54) is 44.5 Å². The summed E-state index contributed by atoms with van der Waals surface area (Å²) >= 11 is 0. The number of pyridine rings is 1. The molecule has 140 valence electrons. The molecule has 0 saturated carbocycles. The van der Waals surface area contributed by atoms with E-state index in [-0.39, 0.29) is 5.78 Å². The second kappa shape index (κ2) is 7.75. The van der Waals surface area contributed by atoms with Crippen molar-refractivity contribution in [1.29, 1.82) is 0 Å². The summed E-state index contributed by atoms with van der Waals surface area (Å²) in [5, 5.41) is 8.06. The highest BCUT2D eigenvalue weighted by Gasteiger charge is 2.16. The van der Waals surface area contributed by atoms with Crippen LogP contribution < -0.4 is 11.1 Å². The molecule has 0 unspecified atom stereocenters. The van der Waals surface area contributed by atoms with Gasteiger partial charge in [0.15, 0.2) is 11.6 Å². The van der Waals surface area contributed by atoms with Crippen molar-refractivity contribution in [2.24, 2.45) is 10.7 Å². The van der Waals surface area contributed by atoms with Gasteiger partial charge in [-0.1, -0.05) is 12.5 Å². The largest absolute Gasteiger partial charge is 0.397 e. The Morgan fingerprint density at radius 1 is 1.19 bits per heavy atom.